The van der Waals surface area contributed by atoms with E-state index in [-0.39, 0.29) is 22.2 Å². The summed E-state index contributed by atoms with van der Waals surface area (Å²) in [5.74, 6) is 0.300. The molecule has 0 spiro atoms. The van der Waals surface area contributed by atoms with Crippen LogP contribution in [0.2, 0.25) is 0 Å². The Balaban J connectivity index is 1.84. The van der Waals surface area contributed by atoms with E-state index in [1.807, 2.05) is 0 Å². The van der Waals surface area contributed by atoms with Crippen LogP contribution in [0.5, 0.6) is 11.6 Å². The molecule has 3 aromatic rings. The van der Waals surface area contributed by atoms with Crippen LogP contribution in [-0.2, 0) is 25.7 Å². The smallest absolute Gasteiger partial charge is 0.417 e. The first-order chi connectivity index (χ1) is 17.2. The van der Waals surface area contributed by atoms with Crippen molar-refractivity contribution in [1.82, 2.24) is 9.97 Å². The van der Waals surface area contributed by atoms with Crippen molar-refractivity contribution in [1.29, 1.82) is 5.26 Å². The maximum absolute atomic E-state index is 13.0. The number of sulfone groups is 1. The van der Waals surface area contributed by atoms with Gasteiger partial charge in [0.15, 0.2) is 9.93 Å². The van der Waals surface area contributed by atoms with E-state index < -0.39 is 46.2 Å². The number of halogens is 3. The molecule has 192 valence electrons. The molecule has 0 aliphatic carbocycles. The summed E-state index contributed by atoms with van der Waals surface area (Å²) in [6, 6.07) is 10.5. The Morgan fingerprint density at radius 3 is 2.24 bits per heavy atom. The summed E-state index contributed by atoms with van der Waals surface area (Å²) < 4.78 is 85.5. The minimum atomic E-state index is -4.73. The minimum Gasteiger partial charge on any atom is -0.439 e. The molecule has 0 saturated carbocycles. The number of rotatable bonds is 7. The highest BCUT2D eigenvalue weighted by Gasteiger charge is 2.32. The van der Waals surface area contributed by atoms with Crippen molar-refractivity contribution >= 4 is 25.3 Å². The fourth-order valence-electron chi connectivity index (χ4n) is 2.61. The Morgan fingerprint density at radius 2 is 1.76 bits per heavy atom. The van der Waals surface area contributed by atoms with Crippen LogP contribution in [0, 0.1) is 21.4 Å². The number of allylic oxidation sites excluding steroid dienone is 1. The highest BCUT2D eigenvalue weighted by molar-refractivity contribution is 7.95. The third-order valence-corrected chi connectivity index (χ3v) is 7.75. The molecule has 2 heterocycles. The molecule has 0 fully saturated rings. The van der Waals surface area contributed by atoms with Gasteiger partial charge in [0.05, 0.1) is 26.4 Å². The van der Waals surface area contributed by atoms with Crippen molar-refractivity contribution in [3.8, 4) is 17.7 Å². The average molecular weight is 554 g/mol. The van der Waals surface area contributed by atoms with E-state index in [4.69, 9.17) is 4.74 Å². The molecule has 37 heavy (non-hydrogen) atoms. The van der Waals surface area contributed by atoms with E-state index in [0.717, 1.165) is 6.20 Å². The van der Waals surface area contributed by atoms with Crippen LogP contribution in [0.3, 0.4) is 0 Å². The maximum atomic E-state index is 13.0. The molecular weight excluding hydrogens is 539 g/mol. The first kappa shape index (κ1) is 27.2. The van der Waals surface area contributed by atoms with Crippen LogP contribution in [0.1, 0.15) is 5.56 Å². The summed E-state index contributed by atoms with van der Waals surface area (Å²) in [7, 11) is -7.91. The van der Waals surface area contributed by atoms with Gasteiger partial charge in [0.2, 0.25) is 15.7 Å². The Bertz CT molecular complexity index is 1620. The van der Waals surface area contributed by atoms with Gasteiger partial charge in [-0.15, -0.1) is 0 Å². The fourth-order valence-corrected chi connectivity index (χ4v) is 4.72. The van der Waals surface area contributed by atoms with Gasteiger partial charge in [-0.3, -0.25) is 10.1 Å². The first-order valence-electron chi connectivity index (χ1n) is 9.72. The second kappa shape index (κ2) is 10.3. The van der Waals surface area contributed by atoms with E-state index in [1.165, 1.54) is 48.7 Å². The van der Waals surface area contributed by atoms with E-state index in [9.17, 15) is 41.2 Å². The standard InChI is InChI=1S/C21H14F3N5O6S2/c1-36(32,17-6-4-16(5-7-17)35-19-8-3-15(12-26-19)29(30)31)28-13-18(10-25)37(33,34)20-9-2-14(11-27-20)21(22,23)24/h2-9,11-13H,1H3/b18-13+/t36-/m0/s1. The molecule has 1 atom stereocenters. The number of nitro groups is 1. The SMILES string of the molecule is C[S@@](=O)(=N/C=C(\C#N)S(=O)(=O)c1ccc(C(F)(F)F)cn1)c1ccc(Oc2ccc([N+](=O)[O-])cn2)cc1. The zero-order valence-electron chi connectivity index (χ0n) is 18.5. The molecule has 3 rings (SSSR count). The quantitative estimate of drug-likeness (QED) is 0.233. The monoisotopic (exact) mass is 553 g/mol. The lowest BCUT2D eigenvalue weighted by atomic mass is 10.3. The number of nitrogens with zero attached hydrogens (tertiary/aromatic N) is 5. The summed E-state index contributed by atoms with van der Waals surface area (Å²) in [5, 5.41) is 19.1. The van der Waals surface area contributed by atoms with E-state index in [0.29, 0.717) is 24.5 Å². The molecule has 0 radical (unpaired) electrons. The molecule has 0 bridgehead atoms. The van der Waals surface area contributed by atoms with Gasteiger partial charge in [0.1, 0.15) is 18.0 Å². The van der Waals surface area contributed by atoms with Crippen LogP contribution in [0.4, 0.5) is 18.9 Å². The predicted octanol–water partition coefficient (Wildman–Crippen LogP) is 4.49. The largest absolute Gasteiger partial charge is 0.439 e. The first-order valence-corrected chi connectivity index (χ1v) is 13.1. The van der Waals surface area contributed by atoms with E-state index >= 15 is 0 Å². The van der Waals surface area contributed by atoms with Crippen molar-refractivity contribution < 1.29 is 35.5 Å². The van der Waals surface area contributed by atoms with E-state index in [1.54, 1.807) is 0 Å². The summed E-state index contributed by atoms with van der Waals surface area (Å²) in [6.45, 7) is 0. The van der Waals surface area contributed by atoms with Gasteiger partial charge >= 0.3 is 6.18 Å². The number of pyridine rings is 2. The summed E-state index contributed by atoms with van der Waals surface area (Å²) in [5.41, 5.74) is -1.40. The lowest BCUT2D eigenvalue weighted by Gasteiger charge is -2.08. The molecule has 0 amide bonds. The van der Waals surface area contributed by atoms with Gasteiger partial charge in [0, 0.05) is 29.5 Å². The van der Waals surface area contributed by atoms with Crippen molar-refractivity contribution in [2.45, 2.75) is 16.1 Å². The minimum absolute atomic E-state index is 0.0592. The third-order valence-electron chi connectivity index (χ3n) is 4.52. The zero-order valence-corrected chi connectivity index (χ0v) is 20.1. The van der Waals surface area contributed by atoms with Crippen molar-refractivity contribution in [2.24, 2.45) is 4.36 Å². The molecule has 11 nitrogen and oxygen atoms in total. The summed E-state index contributed by atoms with van der Waals surface area (Å²) in [4.78, 5) is 16.3. The van der Waals surface area contributed by atoms with Crippen LogP contribution in [0.25, 0.3) is 0 Å². The molecule has 16 heteroatoms. The number of hydrogen-bond acceptors (Lipinski definition) is 10. The van der Waals surface area contributed by atoms with Crippen LogP contribution < -0.4 is 4.74 Å². The Hall–Kier alpha value is -4.36. The molecule has 0 aliphatic rings. The summed E-state index contributed by atoms with van der Waals surface area (Å²) >= 11 is 0. The van der Waals surface area contributed by atoms with Crippen molar-refractivity contribution in [3.05, 3.63) is 87.7 Å². The topological polar surface area (TPSA) is 166 Å². The van der Waals surface area contributed by atoms with E-state index in [2.05, 4.69) is 14.3 Å². The number of hydrogen-bond donors (Lipinski definition) is 0. The Morgan fingerprint density at radius 1 is 1.08 bits per heavy atom. The number of nitriles is 1. The highest BCUT2D eigenvalue weighted by Crippen LogP contribution is 2.29. The number of aromatic nitrogens is 2. The van der Waals surface area contributed by atoms with Gasteiger partial charge in [-0.25, -0.2) is 27.0 Å². The molecule has 0 N–H and O–H groups in total. The van der Waals surface area contributed by atoms with Crippen molar-refractivity contribution in [2.75, 3.05) is 6.26 Å². The predicted molar refractivity (Wildman–Crippen MR) is 122 cm³/mol. The van der Waals surface area contributed by atoms with Crippen LogP contribution in [-0.4, -0.2) is 33.8 Å². The fraction of sp³-hybridized carbons (Fsp3) is 0.0952. The molecule has 0 unspecified atom stereocenters. The second-order valence-corrected chi connectivity index (χ2v) is 11.2. The molecule has 0 aliphatic heterocycles. The van der Waals surface area contributed by atoms with Gasteiger partial charge in [-0.05, 0) is 36.4 Å². The van der Waals surface area contributed by atoms with Crippen molar-refractivity contribution in [3.63, 3.8) is 0 Å². The molecule has 1 aromatic carbocycles. The molecule has 0 saturated heterocycles. The zero-order chi connectivity index (χ0) is 27.4. The Labute approximate surface area is 208 Å². The molecule has 2 aromatic heterocycles. The average Bonchev–Trinajstić information content (AvgIpc) is 2.84. The second-order valence-electron chi connectivity index (χ2n) is 7.08. The summed E-state index contributed by atoms with van der Waals surface area (Å²) in [6.07, 6.45) is -1.67. The lowest BCUT2D eigenvalue weighted by Crippen LogP contribution is -2.09. The van der Waals surface area contributed by atoms with Gasteiger partial charge in [-0.2, -0.15) is 18.4 Å². The number of benzene rings is 1. The lowest BCUT2D eigenvalue weighted by molar-refractivity contribution is -0.385. The third kappa shape index (κ3) is 6.45. The van der Waals surface area contributed by atoms with Gasteiger partial charge in [-0.1, -0.05) is 0 Å². The Kier molecular flexibility index (Phi) is 7.60. The van der Waals surface area contributed by atoms with Crippen LogP contribution >= 0.6 is 0 Å². The van der Waals surface area contributed by atoms with Crippen LogP contribution in [0.15, 0.2) is 86.3 Å². The van der Waals surface area contributed by atoms with Gasteiger partial charge < -0.3 is 4.74 Å². The molecular formula is C21H14F3N5O6S2. The highest BCUT2D eigenvalue weighted by atomic mass is 32.2. The van der Waals surface area contributed by atoms with Gasteiger partial charge in [0.25, 0.3) is 5.69 Å². The normalized spacial score (nSPS) is 13.8. The number of alkyl halides is 3. The maximum Gasteiger partial charge on any atom is 0.417 e. The number of ether oxygens (including phenoxy) is 1.